The average Bonchev–Trinajstić information content (AvgIpc) is 2.73. The van der Waals surface area contributed by atoms with Crippen molar-refractivity contribution in [2.45, 2.75) is 77.0 Å². The van der Waals surface area contributed by atoms with E-state index < -0.39 is 0 Å². The van der Waals surface area contributed by atoms with Crippen molar-refractivity contribution in [3.8, 4) is 11.1 Å². The first kappa shape index (κ1) is 21.7. The number of hydrogen-bond acceptors (Lipinski definition) is 0. The zero-order valence-electron chi connectivity index (χ0n) is 17.7. The number of benzene rings is 2. The van der Waals surface area contributed by atoms with Crippen molar-refractivity contribution in [2.75, 3.05) is 0 Å². The highest BCUT2D eigenvalue weighted by Gasteiger charge is 2.23. The second-order valence-electron chi connectivity index (χ2n) is 8.59. The molecule has 156 valence electrons. The van der Waals surface area contributed by atoms with Crippen molar-refractivity contribution in [2.24, 2.45) is 5.92 Å². The Kier molecular flexibility index (Phi) is 8.03. The number of aryl methyl sites for hydroxylation is 1. The van der Waals surface area contributed by atoms with Gasteiger partial charge in [-0.2, -0.15) is 0 Å². The van der Waals surface area contributed by atoms with Crippen LogP contribution in [0.1, 0.15) is 81.8 Å². The second kappa shape index (κ2) is 10.7. The van der Waals surface area contributed by atoms with Crippen molar-refractivity contribution in [1.29, 1.82) is 0 Å². The van der Waals surface area contributed by atoms with Gasteiger partial charge >= 0.3 is 0 Å². The molecule has 0 saturated heterocycles. The summed E-state index contributed by atoms with van der Waals surface area (Å²) in [7, 11) is 0. The molecular formula is C27H34F2. The van der Waals surface area contributed by atoms with Crippen LogP contribution in [-0.2, 0) is 6.42 Å². The summed E-state index contributed by atoms with van der Waals surface area (Å²) in [4.78, 5) is 0. The van der Waals surface area contributed by atoms with Crippen LogP contribution in [0.15, 0.2) is 49.1 Å². The molecule has 0 unspecified atom stereocenters. The second-order valence-corrected chi connectivity index (χ2v) is 8.59. The summed E-state index contributed by atoms with van der Waals surface area (Å²) in [5.74, 6) is 0.610. The molecule has 1 aliphatic carbocycles. The first-order chi connectivity index (χ1) is 14.1. The molecule has 0 atom stereocenters. The summed E-state index contributed by atoms with van der Waals surface area (Å²) in [6.07, 6.45) is 13.5. The molecule has 0 N–H and O–H groups in total. The molecule has 0 aliphatic heterocycles. The van der Waals surface area contributed by atoms with E-state index in [0.29, 0.717) is 17.0 Å². The third-order valence-electron chi connectivity index (χ3n) is 6.49. The lowest BCUT2D eigenvalue weighted by atomic mass is 9.77. The van der Waals surface area contributed by atoms with Gasteiger partial charge in [-0.15, -0.1) is 6.58 Å². The van der Waals surface area contributed by atoms with Gasteiger partial charge in [0.2, 0.25) is 0 Å². The summed E-state index contributed by atoms with van der Waals surface area (Å²) in [5.41, 5.74) is 2.69. The normalized spacial score (nSPS) is 19.3. The van der Waals surface area contributed by atoms with Crippen molar-refractivity contribution in [1.82, 2.24) is 0 Å². The number of halogens is 2. The van der Waals surface area contributed by atoms with Gasteiger partial charge < -0.3 is 0 Å². The van der Waals surface area contributed by atoms with Gasteiger partial charge in [-0.1, -0.05) is 62.9 Å². The van der Waals surface area contributed by atoms with E-state index in [2.05, 4.69) is 13.5 Å². The van der Waals surface area contributed by atoms with Crippen LogP contribution < -0.4 is 0 Å². The lowest BCUT2D eigenvalue weighted by molar-refractivity contribution is 0.302. The van der Waals surface area contributed by atoms with Crippen molar-refractivity contribution >= 4 is 0 Å². The van der Waals surface area contributed by atoms with Crippen molar-refractivity contribution < 1.29 is 8.78 Å². The zero-order valence-corrected chi connectivity index (χ0v) is 17.7. The van der Waals surface area contributed by atoms with Crippen LogP contribution in [-0.4, -0.2) is 0 Å². The molecular weight excluding hydrogens is 362 g/mol. The fourth-order valence-corrected chi connectivity index (χ4v) is 4.67. The van der Waals surface area contributed by atoms with Gasteiger partial charge in [0.1, 0.15) is 11.6 Å². The molecule has 2 aromatic rings. The molecule has 0 amide bonds. The predicted molar refractivity (Wildman–Crippen MR) is 119 cm³/mol. The molecule has 0 radical (unpaired) electrons. The summed E-state index contributed by atoms with van der Waals surface area (Å²) < 4.78 is 29.5. The third kappa shape index (κ3) is 5.78. The van der Waals surface area contributed by atoms with Gasteiger partial charge in [-0.25, -0.2) is 8.78 Å². The lowest BCUT2D eigenvalue weighted by Gasteiger charge is -2.29. The van der Waals surface area contributed by atoms with Crippen LogP contribution in [0.4, 0.5) is 8.78 Å². The molecule has 0 aromatic heterocycles. The first-order valence-corrected chi connectivity index (χ1v) is 11.3. The van der Waals surface area contributed by atoms with E-state index in [0.717, 1.165) is 42.7 Å². The van der Waals surface area contributed by atoms with E-state index in [9.17, 15) is 8.78 Å². The van der Waals surface area contributed by atoms with Crippen LogP contribution in [0.25, 0.3) is 11.1 Å². The maximum absolute atomic E-state index is 14.9. The highest BCUT2D eigenvalue weighted by atomic mass is 19.1. The van der Waals surface area contributed by atoms with Crippen LogP contribution in [0, 0.1) is 17.6 Å². The van der Waals surface area contributed by atoms with Crippen LogP contribution in [0.2, 0.25) is 0 Å². The van der Waals surface area contributed by atoms with Gasteiger partial charge in [0.25, 0.3) is 0 Å². The maximum Gasteiger partial charge on any atom is 0.131 e. The van der Waals surface area contributed by atoms with E-state index in [4.69, 9.17) is 0 Å². The SMILES string of the molecule is C=CCCc1ccc(-c2ccc(C3CCC(CCCCC)CC3)cc2F)c(F)c1. The van der Waals surface area contributed by atoms with Crippen LogP contribution in [0.3, 0.4) is 0 Å². The van der Waals surface area contributed by atoms with Gasteiger partial charge in [-0.05, 0) is 73.6 Å². The first-order valence-electron chi connectivity index (χ1n) is 11.3. The highest BCUT2D eigenvalue weighted by molar-refractivity contribution is 5.65. The van der Waals surface area contributed by atoms with E-state index in [1.54, 1.807) is 18.2 Å². The monoisotopic (exact) mass is 396 g/mol. The Labute approximate surface area is 175 Å². The van der Waals surface area contributed by atoms with E-state index in [1.807, 2.05) is 18.2 Å². The number of unbranched alkanes of at least 4 members (excludes halogenated alkanes) is 2. The van der Waals surface area contributed by atoms with Crippen LogP contribution in [0.5, 0.6) is 0 Å². The van der Waals surface area contributed by atoms with Crippen molar-refractivity contribution in [3.63, 3.8) is 0 Å². The van der Waals surface area contributed by atoms with E-state index in [-0.39, 0.29) is 11.6 Å². The molecule has 3 rings (SSSR count). The molecule has 0 heterocycles. The minimum absolute atomic E-state index is 0.315. The quantitative estimate of drug-likeness (QED) is 0.294. The average molecular weight is 397 g/mol. The van der Waals surface area contributed by atoms with Crippen LogP contribution >= 0.6 is 0 Å². The fourth-order valence-electron chi connectivity index (χ4n) is 4.67. The minimum atomic E-state index is -0.356. The Morgan fingerprint density at radius 3 is 2.24 bits per heavy atom. The lowest BCUT2D eigenvalue weighted by Crippen LogP contribution is -2.13. The largest absolute Gasteiger partial charge is 0.206 e. The third-order valence-corrected chi connectivity index (χ3v) is 6.49. The molecule has 29 heavy (non-hydrogen) atoms. The number of allylic oxidation sites excluding steroid dienone is 1. The van der Waals surface area contributed by atoms with E-state index >= 15 is 0 Å². The standard InChI is InChI=1S/C27H34F2/c1-3-5-7-9-20-10-13-22(14-11-20)23-15-17-25(27(29)19-23)24-16-12-21(8-6-4-2)18-26(24)28/h4,12,15-20,22H,2-3,5-11,13-14H2,1H3. The summed E-state index contributed by atoms with van der Waals surface area (Å²) in [5, 5.41) is 0. The molecule has 1 saturated carbocycles. The molecule has 0 bridgehead atoms. The number of rotatable bonds is 9. The zero-order chi connectivity index (χ0) is 20.6. The minimum Gasteiger partial charge on any atom is -0.206 e. The number of hydrogen-bond donors (Lipinski definition) is 0. The molecule has 1 aliphatic rings. The fraction of sp³-hybridized carbons (Fsp3) is 0.481. The smallest absolute Gasteiger partial charge is 0.131 e. The molecule has 0 nitrogen and oxygen atoms in total. The van der Waals surface area contributed by atoms with Gasteiger partial charge in [-0.3, -0.25) is 0 Å². The molecule has 1 fully saturated rings. The predicted octanol–water partition coefficient (Wildman–Crippen LogP) is 8.60. The van der Waals surface area contributed by atoms with Crippen molar-refractivity contribution in [3.05, 3.63) is 71.8 Å². The molecule has 2 heteroatoms. The van der Waals surface area contributed by atoms with Gasteiger partial charge in [0, 0.05) is 11.1 Å². The Bertz CT molecular complexity index is 800. The molecule has 2 aromatic carbocycles. The summed E-state index contributed by atoms with van der Waals surface area (Å²) in [6, 6.07) is 10.5. The topological polar surface area (TPSA) is 0 Å². The van der Waals surface area contributed by atoms with E-state index in [1.165, 1.54) is 44.6 Å². The Morgan fingerprint density at radius 1 is 0.931 bits per heavy atom. The maximum atomic E-state index is 14.9. The highest BCUT2D eigenvalue weighted by Crippen LogP contribution is 2.39. The Hall–Kier alpha value is -1.96. The summed E-state index contributed by atoms with van der Waals surface area (Å²) >= 11 is 0. The summed E-state index contributed by atoms with van der Waals surface area (Å²) in [6.45, 7) is 5.95. The Balaban J connectivity index is 1.66. The Morgan fingerprint density at radius 2 is 1.62 bits per heavy atom. The molecule has 0 spiro atoms. The van der Waals surface area contributed by atoms with Gasteiger partial charge in [0.05, 0.1) is 0 Å². The van der Waals surface area contributed by atoms with Gasteiger partial charge in [0.15, 0.2) is 0 Å².